The van der Waals surface area contributed by atoms with Gasteiger partial charge in [-0.05, 0) is 18.4 Å². The summed E-state index contributed by atoms with van der Waals surface area (Å²) in [5, 5.41) is 9.14. The summed E-state index contributed by atoms with van der Waals surface area (Å²) in [5.74, 6) is 0. The van der Waals surface area contributed by atoms with E-state index in [1.165, 1.54) is 0 Å². The zero-order chi connectivity index (χ0) is 11.4. The third-order valence-corrected chi connectivity index (χ3v) is 2.49. The second-order valence-corrected chi connectivity index (χ2v) is 3.34. The number of hydrogen-bond acceptors (Lipinski definition) is 2. The fourth-order valence-corrected chi connectivity index (χ4v) is 1.74. The van der Waals surface area contributed by atoms with Crippen LogP contribution >= 0.6 is 11.6 Å². The summed E-state index contributed by atoms with van der Waals surface area (Å²) in [6.07, 6.45) is 1.27. The third kappa shape index (κ3) is 1.93. The van der Waals surface area contributed by atoms with Crippen molar-refractivity contribution in [1.82, 2.24) is 4.98 Å². The second-order valence-electron chi connectivity index (χ2n) is 2.98. The topological polar surface area (TPSA) is 41.0 Å². The van der Waals surface area contributed by atoms with Crippen LogP contribution < -0.4 is 0 Å². The molecule has 76 valence electrons. The molecule has 1 aromatic rings. The zero-order valence-electron chi connectivity index (χ0n) is 8.63. The number of halogens is 1. The normalized spacial score (nSPS) is 9.40. The number of nitriles is 1. The van der Waals surface area contributed by atoms with Gasteiger partial charge in [-0.2, -0.15) is 5.26 Å². The molecule has 0 spiro atoms. The SMILES string of the molecule is [C-]#[N+]c1c(CC)nc(Cl)c(C#N)c1CC. The van der Waals surface area contributed by atoms with Crippen molar-refractivity contribution in [1.29, 1.82) is 5.26 Å². The predicted octanol–water partition coefficient (Wildman–Crippen LogP) is 3.28. The van der Waals surface area contributed by atoms with Crippen LogP contribution in [0, 0.1) is 17.9 Å². The van der Waals surface area contributed by atoms with Gasteiger partial charge in [-0.1, -0.05) is 25.4 Å². The molecule has 0 saturated heterocycles. The summed E-state index contributed by atoms with van der Waals surface area (Å²) in [4.78, 5) is 7.51. The van der Waals surface area contributed by atoms with Crippen molar-refractivity contribution in [2.24, 2.45) is 0 Å². The molecule has 1 heterocycles. The van der Waals surface area contributed by atoms with E-state index in [0.717, 1.165) is 0 Å². The minimum Gasteiger partial charge on any atom is -0.251 e. The standard InChI is InChI=1S/C11H10ClN3/c1-4-7-8(6-13)11(12)15-9(5-2)10(7)14-3/h4-5H2,1-2H3. The molecule has 15 heavy (non-hydrogen) atoms. The van der Waals surface area contributed by atoms with E-state index < -0.39 is 0 Å². The molecule has 0 unspecified atom stereocenters. The van der Waals surface area contributed by atoms with Gasteiger partial charge in [-0.15, -0.1) is 0 Å². The molecule has 1 aromatic heterocycles. The van der Waals surface area contributed by atoms with Crippen LogP contribution in [0.4, 0.5) is 5.69 Å². The molecule has 0 fully saturated rings. The van der Waals surface area contributed by atoms with E-state index in [9.17, 15) is 0 Å². The van der Waals surface area contributed by atoms with Crippen LogP contribution in [-0.2, 0) is 12.8 Å². The van der Waals surface area contributed by atoms with Crippen molar-refractivity contribution in [3.8, 4) is 6.07 Å². The molecule has 0 N–H and O–H groups in total. The minimum absolute atomic E-state index is 0.207. The Balaban J connectivity index is 3.63. The predicted molar refractivity (Wildman–Crippen MR) is 59.0 cm³/mol. The van der Waals surface area contributed by atoms with Crippen LogP contribution in [0.5, 0.6) is 0 Å². The fraction of sp³-hybridized carbons (Fsp3) is 0.364. The van der Waals surface area contributed by atoms with Crippen molar-refractivity contribution in [3.63, 3.8) is 0 Å². The largest absolute Gasteiger partial charge is 0.251 e. The Hall–Kier alpha value is -1.58. The highest BCUT2D eigenvalue weighted by Crippen LogP contribution is 2.31. The molecule has 3 nitrogen and oxygen atoms in total. The van der Waals surface area contributed by atoms with E-state index in [4.69, 9.17) is 23.4 Å². The second kappa shape index (κ2) is 4.77. The molecule has 0 aliphatic heterocycles. The van der Waals surface area contributed by atoms with Gasteiger partial charge >= 0.3 is 0 Å². The molecular weight excluding hydrogens is 210 g/mol. The maximum atomic E-state index is 8.94. The average molecular weight is 220 g/mol. The van der Waals surface area contributed by atoms with Gasteiger partial charge in [-0.25, -0.2) is 4.85 Å². The molecule has 4 heteroatoms. The average Bonchev–Trinajstić information content (AvgIpc) is 2.27. The van der Waals surface area contributed by atoms with E-state index in [1.54, 1.807) is 0 Å². The molecule has 0 aliphatic carbocycles. The molecule has 0 aromatic carbocycles. The number of nitrogens with zero attached hydrogens (tertiary/aromatic N) is 3. The van der Waals surface area contributed by atoms with Gasteiger partial charge in [0.05, 0.1) is 12.1 Å². The first-order valence-electron chi connectivity index (χ1n) is 4.68. The van der Waals surface area contributed by atoms with E-state index in [2.05, 4.69) is 9.83 Å². The molecular formula is C11H10ClN3. The van der Waals surface area contributed by atoms with Gasteiger partial charge in [0, 0.05) is 5.69 Å². The Labute approximate surface area is 94.1 Å². The van der Waals surface area contributed by atoms with Gasteiger partial charge < -0.3 is 0 Å². The van der Waals surface area contributed by atoms with E-state index in [-0.39, 0.29) is 5.15 Å². The number of pyridine rings is 1. The van der Waals surface area contributed by atoms with Gasteiger partial charge in [-0.3, -0.25) is 4.98 Å². The first kappa shape index (κ1) is 11.5. The van der Waals surface area contributed by atoms with E-state index in [0.29, 0.717) is 35.3 Å². The highest BCUT2D eigenvalue weighted by molar-refractivity contribution is 6.30. The number of aryl methyl sites for hydroxylation is 1. The Bertz CT molecular complexity index is 466. The first-order valence-corrected chi connectivity index (χ1v) is 5.06. The fourth-order valence-electron chi connectivity index (χ4n) is 1.48. The summed E-state index contributed by atoms with van der Waals surface area (Å²) in [7, 11) is 0. The quantitative estimate of drug-likeness (QED) is 0.566. The first-order chi connectivity index (χ1) is 7.19. The lowest BCUT2D eigenvalue weighted by atomic mass is 10.0. The number of rotatable bonds is 2. The summed E-state index contributed by atoms with van der Waals surface area (Å²) in [6.45, 7) is 10.9. The van der Waals surface area contributed by atoms with Gasteiger partial charge in [0.2, 0.25) is 5.69 Å². The van der Waals surface area contributed by atoms with Gasteiger partial charge in [0.15, 0.2) is 0 Å². The summed E-state index contributed by atoms with van der Waals surface area (Å²) < 4.78 is 0. The van der Waals surface area contributed by atoms with Crippen LogP contribution in [-0.4, -0.2) is 4.98 Å². The molecule has 0 bridgehead atoms. The monoisotopic (exact) mass is 219 g/mol. The Morgan fingerprint density at radius 1 is 1.47 bits per heavy atom. The Morgan fingerprint density at radius 2 is 2.13 bits per heavy atom. The third-order valence-electron chi connectivity index (χ3n) is 2.21. The van der Waals surface area contributed by atoms with E-state index in [1.807, 2.05) is 19.9 Å². The Morgan fingerprint density at radius 3 is 2.53 bits per heavy atom. The smallest absolute Gasteiger partial charge is 0.212 e. The van der Waals surface area contributed by atoms with Crippen LogP contribution in [0.2, 0.25) is 5.15 Å². The van der Waals surface area contributed by atoms with Crippen molar-refractivity contribution in [2.45, 2.75) is 26.7 Å². The van der Waals surface area contributed by atoms with Crippen molar-refractivity contribution in [3.05, 3.63) is 33.4 Å². The van der Waals surface area contributed by atoms with Crippen LogP contribution in [0.15, 0.2) is 0 Å². The molecule has 0 aliphatic rings. The summed E-state index contributed by atoms with van der Waals surface area (Å²) >= 11 is 5.88. The molecule has 0 saturated carbocycles. The summed E-state index contributed by atoms with van der Waals surface area (Å²) in [6, 6.07) is 2.00. The maximum Gasteiger partial charge on any atom is 0.212 e. The Kier molecular flexibility index (Phi) is 3.66. The lowest BCUT2D eigenvalue weighted by Crippen LogP contribution is -1.98. The molecule has 0 radical (unpaired) electrons. The van der Waals surface area contributed by atoms with Gasteiger partial charge in [0.1, 0.15) is 11.2 Å². The number of aromatic nitrogens is 1. The van der Waals surface area contributed by atoms with Gasteiger partial charge in [0.25, 0.3) is 0 Å². The van der Waals surface area contributed by atoms with E-state index >= 15 is 0 Å². The number of hydrogen-bond donors (Lipinski definition) is 0. The molecule has 0 amide bonds. The van der Waals surface area contributed by atoms with Crippen LogP contribution in [0.25, 0.3) is 4.85 Å². The minimum atomic E-state index is 0.207. The molecule has 0 atom stereocenters. The maximum absolute atomic E-state index is 8.94. The molecule has 1 rings (SSSR count). The van der Waals surface area contributed by atoms with Crippen molar-refractivity contribution in [2.75, 3.05) is 0 Å². The zero-order valence-corrected chi connectivity index (χ0v) is 9.39. The van der Waals surface area contributed by atoms with Crippen LogP contribution in [0.1, 0.15) is 30.7 Å². The highest BCUT2D eigenvalue weighted by Gasteiger charge is 2.16. The van der Waals surface area contributed by atoms with Crippen molar-refractivity contribution < 1.29 is 0 Å². The van der Waals surface area contributed by atoms with Crippen molar-refractivity contribution >= 4 is 17.3 Å². The lowest BCUT2D eigenvalue weighted by Gasteiger charge is -2.09. The summed E-state index contributed by atoms with van der Waals surface area (Å²) in [5.41, 5.74) is 2.21. The lowest BCUT2D eigenvalue weighted by molar-refractivity contribution is 1.01. The van der Waals surface area contributed by atoms with Crippen LogP contribution in [0.3, 0.4) is 0 Å². The highest BCUT2D eigenvalue weighted by atomic mass is 35.5.